The molecule has 1 amide bonds. The molecule has 3 aliphatic rings. The summed E-state index contributed by atoms with van der Waals surface area (Å²) >= 11 is 1.75. The van der Waals surface area contributed by atoms with Crippen LogP contribution in [0.25, 0.3) is 0 Å². The van der Waals surface area contributed by atoms with Gasteiger partial charge in [0.2, 0.25) is 5.91 Å². The molecule has 2 aliphatic carbocycles. The summed E-state index contributed by atoms with van der Waals surface area (Å²) in [7, 11) is 2.19. The number of fused-ring (bicyclic) bond motifs is 2. The predicted octanol–water partition coefficient (Wildman–Crippen LogP) is 1.79. The molecule has 31 heavy (non-hydrogen) atoms. The highest BCUT2D eigenvalue weighted by atomic mass is 32.1. The minimum atomic E-state index is -0.467. The normalized spacial score (nSPS) is 34.5. The van der Waals surface area contributed by atoms with E-state index in [1.54, 1.807) is 11.3 Å². The average Bonchev–Trinajstić information content (AvgIpc) is 3.14. The monoisotopic (exact) mass is 447 g/mol. The van der Waals surface area contributed by atoms with Gasteiger partial charge in [-0.05, 0) is 36.5 Å². The second-order valence-corrected chi connectivity index (χ2v) is 11.5. The van der Waals surface area contributed by atoms with Gasteiger partial charge in [-0.15, -0.1) is 17.9 Å². The number of carbonyl (C=O) groups excluding carboxylic acids is 1. The maximum absolute atomic E-state index is 13.3. The number of piperazine rings is 1. The smallest absolute Gasteiger partial charge is 0.226 e. The average molecular weight is 448 g/mol. The van der Waals surface area contributed by atoms with Crippen LogP contribution in [0.4, 0.5) is 5.13 Å². The number of hydrogen-bond acceptors (Lipinski definition) is 5. The molecule has 2 fully saturated rings. The second kappa shape index (κ2) is 8.83. The van der Waals surface area contributed by atoms with E-state index in [2.05, 4.69) is 32.8 Å². The molecule has 1 aliphatic heterocycles. The molecule has 0 spiro atoms. The number of quaternary nitrogens is 1. The third-order valence-electron chi connectivity index (χ3n) is 8.28. The van der Waals surface area contributed by atoms with Crippen LogP contribution >= 0.6 is 11.3 Å². The molecule has 0 radical (unpaired) electrons. The molecular weight excluding hydrogens is 408 g/mol. The van der Waals surface area contributed by atoms with Gasteiger partial charge in [-0.1, -0.05) is 26.8 Å². The van der Waals surface area contributed by atoms with Crippen molar-refractivity contribution in [1.29, 1.82) is 0 Å². The van der Waals surface area contributed by atoms with Crippen molar-refractivity contribution < 1.29 is 14.8 Å². The number of likely N-dealkylation sites (N-methyl/N-ethyl adjacent to an activating group) is 1. The summed E-state index contributed by atoms with van der Waals surface area (Å²) in [4.78, 5) is 23.0. The molecule has 3 N–H and O–H groups in total. The Bertz CT molecular complexity index is 819. The van der Waals surface area contributed by atoms with E-state index in [0.29, 0.717) is 6.54 Å². The number of aliphatic hydroxyl groups excluding tert-OH is 1. The summed E-state index contributed by atoms with van der Waals surface area (Å²) in [5, 5.41) is 15.9. The van der Waals surface area contributed by atoms with E-state index >= 15 is 0 Å². The lowest BCUT2D eigenvalue weighted by atomic mass is 9.53. The quantitative estimate of drug-likeness (QED) is 0.602. The van der Waals surface area contributed by atoms with Gasteiger partial charge >= 0.3 is 0 Å². The van der Waals surface area contributed by atoms with Crippen LogP contribution in [0.15, 0.2) is 12.7 Å². The number of aromatic nitrogens is 1. The molecule has 0 aromatic carbocycles. The van der Waals surface area contributed by atoms with E-state index in [1.807, 2.05) is 17.9 Å². The first kappa shape index (κ1) is 22.7. The molecule has 1 aromatic rings. The summed E-state index contributed by atoms with van der Waals surface area (Å²) in [6, 6.07) is 0. The lowest BCUT2D eigenvalue weighted by molar-refractivity contribution is -0.883. The van der Waals surface area contributed by atoms with Crippen LogP contribution < -0.4 is 10.2 Å². The number of aliphatic hydroxyl groups is 1. The zero-order valence-corrected chi connectivity index (χ0v) is 20.3. The molecule has 0 unspecified atom stereocenters. The fraction of sp³-hybridized carbons (Fsp3) is 0.750. The van der Waals surface area contributed by atoms with Gasteiger partial charge in [-0.3, -0.25) is 4.79 Å². The molecule has 6 nitrogen and oxygen atoms in total. The fourth-order valence-electron chi connectivity index (χ4n) is 6.36. The van der Waals surface area contributed by atoms with Crippen LogP contribution in [0.1, 0.15) is 50.1 Å². The van der Waals surface area contributed by atoms with E-state index < -0.39 is 6.10 Å². The molecular formula is C24H39N4O2S+. The SMILES string of the molecule is C=CCNc1nc2c(s1)C[C@]1(C)CC[C@H]([C@H](C)C(=O)N3CC[NH+](C)CC3)[C@H](O)[C@H]1[C@@H]2C. The van der Waals surface area contributed by atoms with Gasteiger partial charge < -0.3 is 20.2 Å². The standard InChI is InChI=1S/C24H38N4O2S/c1-6-9-25-23-26-20-16(3)19-21(29)17(7-8-24(19,4)14-18(20)31-23)15(2)22(30)28-12-10-27(5)11-13-28/h6,15-17,19,21,29H,1,7-14H2,2-5H3,(H,25,26)/p+1/t15-,16-,17+,19+,21-,24-/m0/s1. The van der Waals surface area contributed by atoms with Crippen molar-refractivity contribution in [3.63, 3.8) is 0 Å². The van der Waals surface area contributed by atoms with Gasteiger partial charge in [0.25, 0.3) is 0 Å². The minimum Gasteiger partial charge on any atom is -0.392 e. The summed E-state index contributed by atoms with van der Waals surface area (Å²) in [6.07, 6.45) is 4.33. The summed E-state index contributed by atoms with van der Waals surface area (Å²) in [5.41, 5.74) is 1.20. The summed E-state index contributed by atoms with van der Waals surface area (Å²) in [5.74, 6) is 0.455. The minimum absolute atomic E-state index is 0.0265. The van der Waals surface area contributed by atoms with Crippen molar-refractivity contribution in [2.45, 2.75) is 52.1 Å². The van der Waals surface area contributed by atoms with Crippen LogP contribution in [0, 0.1) is 23.2 Å². The van der Waals surface area contributed by atoms with Crippen molar-refractivity contribution in [3.8, 4) is 0 Å². The van der Waals surface area contributed by atoms with Crippen molar-refractivity contribution >= 4 is 22.4 Å². The molecule has 0 bridgehead atoms. The molecule has 1 saturated heterocycles. The third kappa shape index (κ3) is 4.16. The Morgan fingerprint density at radius 1 is 1.48 bits per heavy atom. The Morgan fingerprint density at radius 2 is 2.19 bits per heavy atom. The van der Waals surface area contributed by atoms with Gasteiger partial charge in [0.05, 0.1) is 45.0 Å². The van der Waals surface area contributed by atoms with Crippen LogP contribution in [-0.4, -0.2) is 66.8 Å². The third-order valence-corrected chi connectivity index (χ3v) is 9.31. The van der Waals surface area contributed by atoms with Crippen molar-refractivity contribution in [2.75, 3.05) is 45.1 Å². The van der Waals surface area contributed by atoms with Crippen molar-refractivity contribution in [1.82, 2.24) is 9.88 Å². The van der Waals surface area contributed by atoms with Gasteiger partial charge in [0, 0.05) is 23.3 Å². The number of amides is 1. The van der Waals surface area contributed by atoms with Crippen molar-refractivity contribution in [2.24, 2.45) is 23.2 Å². The van der Waals surface area contributed by atoms with Crippen LogP contribution in [0.5, 0.6) is 0 Å². The second-order valence-electron chi connectivity index (χ2n) is 10.4. The number of anilines is 1. The lowest BCUT2D eigenvalue weighted by Gasteiger charge is -2.53. The van der Waals surface area contributed by atoms with E-state index in [1.165, 1.54) is 9.78 Å². The van der Waals surface area contributed by atoms with Crippen LogP contribution in [-0.2, 0) is 11.2 Å². The number of hydrogen-bond donors (Lipinski definition) is 3. The first-order valence-corrected chi connectivity index (χ1v) is 12.7. The highest BCUT2D eigenvalue weighted by molar-refractivity contribution is 7.15. The first-order chi connectivity index (χ1) is 14.7. The van der Waals surface area contributed by atoms with Gasteiger partial charge in [-0.2, -0.15) is 0 Å². The maximum atomic E-state index is 13.3. The Morgan fingerprint density at radius 3 is 2.87 bits per heavy atom. The number of thiazole rings is 1. The predicted molar refractivity (Wildman–Crippen MR) is 126 cm³/mol. The number of carbonyl (C=O) groups is 1. The molecule has 7 heteroatoms. The lowest BCUT2D eigenvalue weighted by Crippen LogP contribution is -3.12. The Balaban J connectivity index is 1.52. The number of nitrogens with one attached hydrogen (secondary N) is 2. The Labute approximate surface area is 190 Å². The number of nitrogens with zero attached hydrogens (tertiary/aromatic N) is 2. The van der Waals surface area contributed by atoms with Crippen LogP contribution in [0.2, 0.25) is 0 Å². The number of rotatable bonds is 5. The van der Waals surface area contributed by atoms with Gasteiger partial charge in [0.15, 0.2) is 5.13 Å². The molecule has 4 rings (SSSR count). The topological polar surface area (TPSA) is 69.9 Å². The highest BCUT2D eigenvalue weighted by Crippen LogP contribution is 2.57. The highest BCUT2D eigenvalue weighted by Gasteiger charge is 2.54. The van der Waals surface area contributed by atoms with E-state index in [4.69, 9.17) is 4.98 Å². The largest absolute Gasteiger partial charge is 0.392 e. The summed E-state index contributed by atoms with van der Waals surface area (Å²) in [6.45, 7) is 14.8. The molecule has 2 heterocycles. The zero-order chi connectivity index (χ0) is 22.3. The van der Waals surface area contributed by atoms with Crippen molar-refractivity contribution in [3.05, 3.63) is 23.2 Å². The van der Waals surface area contributed by atoms with E-state index in [9.17, 15) is 9.90 Å². The van der Waals surface area contributed by atoms with Crippen LogP contribution in [0.3, 0.4) is 0 Å². The Hall–Kier alpha value is -1.44. The van der Waals surface area contributed by atoms with E-state index in [0.717, 1.165) is 56.3 Å². The van der Waals surface area contributed by atoms with Gasteiger partial charge in [0.1, 0.15) is 0 Å². The fourth-order valence-corrected chi connectivity index (χ4v) is 7.63. The zero-order valence-electron chi connectivity index (χ0n) is 19.5. The first-order valence-electron chi connectivity index (χ1n) is 11.9. The molecule has 172 valence electrons. The maximum Gasteiger partial charge on any atom is 0.226 e. The van der Waals surface area contributed by atoms with Gasteiger partial charge in [-0.25, -0.2) is 4.98 Å². The summed E-state index contributed by atoms with van der Waals surface area (Å²) < 4.78 is 0. The molecule has 1 aromatic heterocycles. The molecule has 6 atom stereocenters. The Kier molecular flexibility index (Phi) is 6.48. The van der Waals surface area contributed by atoms with E-state index in [-0.39, 0.29) is 35.0 Å². The molecule has 1 saturated carbocycles.